The third-order valence-electron chi connectivity index (χ3n) is 10.2. The topological polar surface area (TPSA) is 118 Å². The van der Waals surface area contributed by atoms with E-state index in [0.717, 1.165) is 84.3 Å². The van der Waals surface area contributed by atoms with Crippen molar-refractivity contribution < 1.29 is 13.9 Å². The van der Waals surface area contributed by atoms with Gasteiger partial charge in [0.1, 0.15) is 6.17 Å². The lowest BCUT2D eigenvalue weighted by atomic mass is 9.63. The lowest BCUT2D eigenvalue weighted by Gasteiger charge is -2.52. The van der Waals surface area contributed by atoms with Crippen molar-refractivity contribution in [3.63, 3.8) is 0 Å². The number of hydrogen-bond acceptors (Lipinski definition) is 7. The fourth-order valence-corrected chi connectivity index (χ4v) is 7.84. The molecule has 37 heavy (non-hydrogen) atoms. The third-order valence-corrected chi connectivity index (χ3v) is 10.2. The first kappa shape index (κ1) is 27.4. The number of likely N-dealkylation sites (tertiary alicyclic amines) is 1. The van der Waals surface area contributed by atoms with E-state index in [9.17, 15) is 9.18 Å². The molecule has 4 fully saturated rings. The van der Waals surface area contributed by atoms with Crippen LogP contribution in [0.2, 0.25) is 0 Å². The van der Waals surface area contributed by atoms with E-state index in [2.05, 4.69) is 27.4 Å². The van der Waals surface area contributed by atoms with Crippen molar-refractivity contribution in [1.29, 1.82) is 0 Å². The highest BCUT2D eigenvalue weighted by Gasteiger charge is 2.46. The molecule has 1 amide bonds. The van der Waals surface area contributed by atoms with Gasteiger partial charge in [0.25, 0.3) is 0 Å². The average molecular weight is 521 g/mol. The molecule has 2 spiro atoms. The summed E-state index contributed by atoms with van der Waals surface area (Å²) in [6.45, 7) is 7.77. The molecule has 1 saturated carbocycles. The van der Waals surface area contributed by atoms with Crippen LogP contribution in [-0.4, -0.2) is 86.9 Å². The Labute approximate surface area is 221 Å². The van der Waals surface area contributed by atoms with Crippen molar-refractivity contribution in [2.45, 2.75) is 102 Å². The summed E-state index contributed by atoms with van der Waals surface area (Å²) in [5, 5.41) is 6.82. The van der Waals surface area contributed by atoms with Crippen molar-refractivity contribution >= 4 is 12.1 Å². The van der Waals surface area contributed by atoms with Crippen LogP contribution in [-0.2, 0) is 9.53 Å². The van der Waals surface area contributed by atoms with Crippen LogP contribution in [0.4, 0.5) is 4.39 Å². The van der Waals surface area contributed by atoms with Gasteiger partial charge in [-0.25, -0.2) is 4.39 Å². The van der Waals surface area contributed by atoms with Gasteiger partial charge in [0, 0.05) is 30.8 Å². The predicted molar refractivity (Wildman–Crippen MR) is 144 cm³/mol. The molecule has 8 nitrogen and oxygen atoms in total. The Morgan fingerprint density at radius 2 is 1.92 bits per heavy atom. The van der Waals surface area contributed by atoms with Gasteiger partial charge in [0.05, 0.1) is 37.4 Å². The Balaban J connectivity index is 1.31. The average Bonchev–Trinajstić information content (AvgIpc) is 2.86. The molecule has 1 aliphatic carbocycles. The van der Waals surface area contributed by atoms with Crippen LogP contribution in [0.1, 0.15) is 71.1 Å². The van der Waals surface area contributed by atoms with Crippen LogP contribution in [0, 0.1) is 22.7 Å². The maximum absolute atomic E-state index is 14.7. The second-order valence-corrected chi connectivity index (χ2v) is 13.2. The normalized spacial score (nSPS) is 40.5. The first-order valence-electron chi connectivity index (χ1n) is 14.8. The molecular weight excluding hydrogens is 471 g/mol. The number of amides is 1. The molecule has 5 aliphatic rings. The number of rotatable bonds is 5. The monoisotopic (exact) mass is 520 g/mol. The highest BCUT2D eigenvalue weighted by atomic mass is 19.1. The minimum absolute atomic E-state index is 0.0189. The molecular formula is C28H49FN6O2. The van der Waals surface area contributed by atoms with E-state index >= 15 is 0 Å². The summed E-state index contributed by atoms with van der Waals surface area (Å²) in [4.78, 5) is 21.1. The Morgan fingerprint density at radius 3 is 2.62 bits per heavy atom. The van der Waals surface area contributed by atoms with Crippen LogP contribution in [0.25, 0.3) is 0 Å². The molecule has 0 aromatic heterocycles. The number of carbonyl (C=O) groups excluding carboxylic acids is 1. The number of aliphatic imine (C=N–C) groups is 1. The van der Waals surface area contributed by atoms with Crippen LogP contribution in [0.15, 0.2) is 4.99 Å². The van der Waals surface area contributed by atoms with Gasteiger partial charge in [-0.3, -0.25) is 14.7 Å². The minimum Gasteiger partial charge on any atom is -0.380 e. The van der Waals surface area contributed by atoms with Gasteiger partial charge < -0.3 is 26.8 Å². The fourth-order valence-electron chi connectivity index (χ4n) is 7.84. The maximum Gasteiger partial charge on any atom is 0.228 e. The zero-order valence-corrected chi connectivity index (χ0v) is 22.7. The summed E-state index contributed by atoms with van der Waals surface area (Å²) in [5.74, 6) is -0.107. The van der Waals surface area contributed by atoms with Crippen molar-refractivity contribution in [2.75, 3.05) is 39.4 Å². The van der Waals surface area contributed by atoms with Gasteiger partial charge in [0.15, 0.2) is 0 Å². The van der Waals surface area contributed by atoms with Crippen molar-refractivity contribution in [3.8, 4) is 0 Å². The van der Waals surface area contributed by atoms with E-state index in [-0.39, 0.29) is 23.4 Å². The Hall–Kier alpha value is -1.13. The third kappa shape index (κ3) is 6.21. The lowest BCUT2D eigenvalue weighted by molar-refractivity contribution is -0.152. The SMILES string of the molecule is CC1CCC2(CCC(F)/C=N\C(C(C(=O)NC3CNCCC3N3CCCC4(COC4)C3)C(N)N)C2)CC1. The highest BCUT2D eigenvalue weighted by molar-refractivity contribution is 5.81. The molecule has 4 heterocycles. The smallest absolute Gasteiger partial charge is 0.228 e. The molecule has 5 rings (SSSR count). The van der Waals surface area contributed by atoms with E-state index in [4.69, 9.17) is 16.2 Å². The van der Waals surface area contributed by atoms with E-state index in [1.807, 2.05) is 0 Å². The number of ether oxygens (including phenoxy) is 1. The largest absolute Gasteiger partial charge is 0.380 e. The lowest BCUT2D eigenvalue weighted by Crippen LogP contribution is -2.65. The highest BCUT2D eigenvalue weighted by Crippen LogP contribution is 2.48. The Bertz CT molecular complexity index is 812. The first-order valence-corrected chi connectivity index (χ1v) is 14.8. The number of alkyl halides is 1. The van der Waals surface area contributed by atoms with E-state index in [0.29, 0.717) is 17.8 Å². The number of hydrogen-bond donors (Lipinski definition) is 4. The van der Waals surface area contributed by atoms with E-state index in [1.165, 1.54) is 19.1 Å². The Kier molecular flexibility index (Phi) is 8.56. The zero-order valence-electron chi connectivity index (χ0n) is 22.7. The van der Waals surface area contributed by atoms with Crippen molar-refractivity contribution in [2.24, 2.45) is 39.1 Å². The van der Waals surface area contributed by atoms with E-state index in [1.54, 1.807) is 0 Å². The number of piperidine rings is 2. The van der Waals surface area contributed by atoms with Gasteiger partial charge in [-0.05, 0) is 75.8 Å². The Morgan fingerprint density at radius 1 is 1.16 bits per heavy atom. The molecule has 9 heteroatoms. The van der Waals surface area contributed by atoms with E-state index < -0.39 is 24.3 Å². The molecule has 4 aliphatic heterocycles. The van der Waals surface area contributed by atoms with Crippen LogP contribution in [0.5, 0.6) is 0 Å². The molecule has 6 N–H and O–H groups in total. The van der Waals surface area contributed by atoms with Crippen LogP contribution >= 0.6 is 0 Å². The molecule has 0 bridgehead atoms. The summed E-state index contributed by atoms with van der Waals surface area (Å²) in [7, 11) is 0. The first-order chi connectivity index (χ1) is 17.8. The predicted octanol–water partition coefficient (Wildman–Crippen LogP) is 1.96. The molecule has 5 atom stereocenters. The summed E-state index contributed by atoms with van der Waals surface area (Å²) in [5.41, 5.74) is 12.9. The number of nitrogens with two attached hydrogens (primary N) is 2. The van der Waals surface area contributed by atoms with Crippen molar-refractivity contribution in [3.05, 3.63) is 0 Å². The zero-order chi connectivity index (χ0) is 26.0. The standard InChI is InChI=1S/C28H49FN6O2/c1-19-3-8-27(9-4-19)10-5-20(29)14-33-21(13-27)24(25(30)31)26(36)34-22-15-32-11-6-23(22)35-12-2-7-28(16-35)17-37-18-28/h14,19-25,32H,2-13,15-18,30-31H2,1H3,(H,34,36)/b33-14-. The molecule has 0 aromatic rings. The molecule has 210 valence electrons. The van der Waals surface area contributed by atoms with Gasteiger partial charge >= 0.3 is 0 Å². The number of nitrogens with zero attached hydrogens (tertiary/aromatic N) is 2. The molecule has 0 radical (unpaired) electrons. The van der Waals surface area contributed by atoms with Gasteiger partial charge in [-0.15, -0.1) is 0 Å². The van der Waals surface area contributed by atoms with Crippen LogP contribution in [0.3, 0.4) is 0 Å². The summed E-state index contributed by atoms with van der Waals surface area (Å²) in [6.07, 6.45) is 9.41. The summed E-state index contributed by atoms with van der Waals surface area (Å²) < 4.78 is 20.2. The summed E-state index contributed by atoms with van der Waals surface area (Å²) >= 11 is 0. The van der Waals surface area contributed by atoms with Gasteiger partial charge in [0.2, 0.25) is 5.91 Å². The quantitative estimate of drug-likeness (QED) is 0.412. The maximum atomic E-state index is 14.7. The summed E-state index contributed by atoms with van der Waals surface area (Å²) in [6, 6.07) is -0.137. The second-order valence-electron chi connectivity index (χ2n) is 13.2. The number of halogens is 1. The van der Waals surface area contributed by atoms with Gasteiger partial charge in [-0.1, -0.05) is 19.8 Å². The molecule has 0 aromatic carbocycles. The second kappa shape index (κ2) is 11.5. The van der Waals surface area contributed by atoms with Gasteiger partial charge in [-0.2, -0.15) is 0 Å². The number of nitrogens with one attached hydrogen (secondary N) is 2. The number of carbonyl (C=O) groups is 1. The van der Waals surface area contributed by atoms with Crippen LogP contribution < -0.4 is 22.1 Å². The fraction of sp³-hybridized carbons (Fsp3) is 0.929. The molecule has 3 saturated heterocycles. The minimum atomic E-state index is -1.08. The van der Waals surface area contributed by atoms with Crippen molar-refractivity contribution in [1.82, 2.24) is 15.5 Å². The molecule has 5 unspecified atom stereocenters.